The van der Waals surface area contributed by atoms with Crippen molar-refractivity contribution in [1.29, 1.82) is 0 Å². The molecule has 0 atom stereocenters. The molecule has 0 heterocycles. The molecule has 1 N–H and O–H groups in total. The quantitative estimate of drug-likeness (QED) is 0.416. The highest BCUT2D eigenvalue weighted by Crippen LogP contribution is 1.78. The summed E-state index contributed by atoms with van der Waals surface area (Å²) in [7, 11) is 0. The van der Waals surface area contributed by atoms with Gasteiger partial charge in [0.1, 0.15) is 0 Å². The zero-order valence-corrected chi connectivity index (χ0v) is 4.79. The molecule has 0 radical (unpaired) electrons. The van der Waals surface area contributed by atoms with Crippen molar-refractivity contribution in [1.82, 2.24) is 5.32 Å². The van der Waals surface area contributed by atoms with Gasteiger partial charge in [-0.15, -0.1) is 5.92 Å². The summed E-state index contributed by atoms with van der Waals surface area (Å²) in [6.07, 6.45) is 0. The van der Waals surface area contributed by atoms with E-state index in [1.54, 1.807) is 6.92 Å². The predicted molar refractivity (Wildman–Crippen MR) is 31.7 cm³/mol. The molecule has 0 aromatic heterocycles. The maximum absolute atomic E-state index is 11.7. The molecule has 0 saturated heterocycles. The van der Waals surface area contributed by atoms with Gasteiger partial charge in [0, 0.05) is 0 Å². The van der Waals surface area contributed by atoms with Gasteiger partial charge < -0.3 is 5.32 Å². The molecular weight excluding hydrogens is 105 g/mol. The van der Waals surface area contributed by atoms with E-state index in [-0.39, 0.29) is 0 Å². The number of hydrogen-bond acceptors (Lipinski definition) is 1. The Bertz CT molecular complexity index is 129. The minimum atomic E-state index is -0.534. The summed E-state index contributed by atoms with van der Waals surface area (Å²) in [5.74, 6) is 4.69. The van der Waals surface area contributed by atoms with E-state index in [0.29, 0.717) is 6.54 Å². The van der Waals surface area contributed by atoms with Gasteiger partial charge in [0.05, 0.1) is 6.54 Å². The molecule has 44 valence electrons. The van der Waals surface area contributed by atoms with Gasteiger partial charge in [-0.3, -0.25) is 0 Å². The summed E-state index contributed by atoms with van der Waals surface area (Å²) in [6.45, 7) is 5.02. The highest BCUT2D eigenvalue weighted by atomic mass is 19.1. The van der Waals surface area contributed by atoms with Crippen LogP contribution in [0.15, 0.2) is 12.5 Å². The lowest BCUT2D eigenvalue weighted by molar-refractivity contribution is 0.567. The van der Waals surface area contributed by atoms with Crippen LogP contribution >= 0.6 is 0 Å². The molecule has 0 aliphatic carbocycles. The molecule has 0 rings (SSSR count). The first kappa shape index (κ1) is 7.03. The van der Waals surface area contributed by atoms with E-state index in [4.69, 9.17) is 0 Å². The second-order valence-electron chi connectivity index (χ2n) is 1.19. The van der Waals surface area contributed by atoms with Gasteiger partial charge in [-0.1, -0.05) is 5.92 Å². The molecule has 2 heteroatoms. The monoisotopic (exact) mass is 113 g/mol. The molecular formula is C6H8FN. The van der Waals surface area contributed by atoms with Crippen LogP contribution in [0.4, 0.5) is 4.39 Å². The topological polar surface area (TPSA) is 12.0 Å². The maximum Gasteiger partial charge on any atom is 0.180 e. The van der Waals surface area contributed by atoms with Crippen LogP contribution < -0.4 is 5.32 Å². The molecule has 8 heavy (non-hydrogen) atoms. The van der Waals surface area contributed by atoms with Crippen molar-refractivity contribution in [3.8, 4) is 11.8 Å². The van der Waals surface area contributed by atoms with Crippen LogP contribution in [0.2, 0.25) is 0 Å². The minimum absolute atomic E-state index is 0.339. The van der Waals surface area contributed by atoms with Crippen molar-refractivity contribution in [2.24, 2.45) is 0 Å². The number of nitrogens with one attached hydrogen (secondary N) is 1. The Morgan fingerprint density at radius 1 is 1.88 bits per heavy atom. The number of hydrogen-bond donors (Lipinski definition) is 1. The summed E-state index contributed by atoms with van der Waals surface area (Å²) in [5.41, 5.74) is 0. The summed E-state index contributed by atoms with van der Waals surface area (Å²) in [4.78, 5) is 0. The molecule has 0 amide bonds. The Labute approximate surface area is 48.6 Å². The molecule has 0 bridgehead atoms. The van der Waals surface area contributed by atoms with Gasteiger partial charge in [0.15, 0.2) is 5.95 Å². The molecule has 0 saturated carbocycles. The summed E-state index contributed by atoms with van der Waals surface area (Å²) in [5, 5.41) is 2.31. The van der Waals surface area contributed by atoms with Gasteiger partial charge in [0.2, 0.25) is 0 Å². The smallest absolute Gasteiger partial charge is 0.180 e. The van der Waals surface area contributed by atoms with E-state index in [9.17, 15) is 4.39 Å². The average molecular weight is 113 g/mol. The van der Waals surface area contributed by atoms with E-state index < -0.39 is 5.95 Å². The van der Waals surface area contributed by atoms with E-state index in [0.717, 1.165) is 0 Å². The van der Waals surface area contributed by atoms with Crippen molar-refractivity contribution in [3.05, 3.63) is 12.5 Å². The molecule has 1 nitrogen and oxygen atoms in total. The number of rotatable bonds is 2. The Kier molecular flexibility index (Phi) is 3.69. The summed E-state index contributed by atoms with van der Waals surface area (Å²) in [6, 6.07) is 0. The van der Waals surface area contributed by atoms with Crippen LogP contribution in [0, 0.1) is 11.8 Å². The van der Waals surface area contributed by atoms with Gasteiger partial charge in [0.25, 0.3) is 0 Å². The summed E-state index contributed by atoms with van der Waals surface area (Å²) < 4.78 is 11.7. The van der Waals surface area contributed by atoms with Crippen molar-refractivity contribution in [3.63, 3.8) is 0 Å². The Morgan fingerprint density at radius 3 is 2.88 bits per heavy atom. The first-order chi connectivity index (χ1) is 3.77. The molecule has 0 spiro atoms. The zero-order valence-electron chi connectivity index (χ0n) is 4.79. The lowest BCUT2D eigenvalue weighted by atomic mass is 10.6. The molecule has 0 unspecified atom stereocenters. The summed E-state index contributed by atoms with van der Waals surface area (Å²) >= 11 is 0. The minimum Gasteiger partial charge on any atom is -0.352 e. The predicted octanol–water partition coefficient (Wildman–Crippen LogP) is 1.04. The van der Waals surface area contributed by atoms with Gasteiger partial charge in [-0.2, -0.15) is 4.39 Å². The van der Waals surface area contributed by atoms with Gasteiger partial charge in [-0.25, -0.2) is 0 Å². The number of halogens is 1. The van der Waals surface area contributed by atoms with Crippen LogP contribution in [0.3, 0.4) is 0 Å². The lowest BCUT2D eigenvalue weighted by Gasteiger charge is -1.90. The highest BCUT2D eigenvalue weighted by molar-refractivity contribution is 4.99. The largest absolute Gasteiger partial charge is 0.352 e. The van der Waals surface area contributed by atoms with E-state index >= 15 is 0 Å². The van der Waals surface area contributed by atoms with Crippen molar-refractivity contribution >= 4 is 0 Å². The van der Waals surface area contributed by atoms with Crippen LogP contribution in [0.1, 0.15) is 6.92 Å². The zero-order chi connectivity index (χ0) is 6.41. The lowest BCUT2D eigenvalue weighted by Crippen LogP contribution is -2.08. The fourth-order valence-corrected chi connectivity index (χ4v) is 0.228. The molecule has 0 aliphatic rings. The maximum atomic E-state index is 11.7. The van der Waals surface area contributed by atoms with Crippen LogP contribution in [0.25, 0.3) is 0 Å². The van der Waals surface area contributed by atoms with Crippen LogP contribution in [-0.2, 0) is 0 Å². The van der Waals surface area contributed by atoms with Crippen molar-refractivity contribution < 1.29 is 4.39 Å². The molecule has 0 aromatic carbocycles. The fourth-order valence-electron chi connectivity index (χ4n) is 0.228. The Morgan fingerprint density at radius 2 is 2.50 bits per heavy atom. The third-order valence-electron chi connectivity index (χ3n) is 0.545. The second-order valence-corrected chi connectivity index (χ2v) is 1.19. The first-order valence-corrected chi connectivity index (χ1v) is 2.25. The Balaban J connectivity index is 3.14. The third-order valence-corrected chi connectivity index (χ3v) is 0.545. The van der Waals surface area contributed by atoms with E-state index in [1.165, 1.54) is 0 Å². The van der Waals surface area contributed by atoms with Crippen molar-refractivity contribution in [2.45, 2.75) is 6.92 Å². The molecule has 0 fully saturated rings. The van der Waals surface area contributed by atoms with E-state index in [1.807, 2.05) is 0 Å². The molecule has 0 aromatic rings. The van der Waals surface area contributed by atoms with Crippen LogP contribution in [0.5, 0.6) is 0 Å². The standard InChI is InChI=1S/C6H8FN/c1-3-4-5-8-6(2)7/h8H,2,5H2,1H3. The fraction of sp³-hybridized carbons (Fsp3) is 0.333. The third kappa shape index (κ3) is 5.03. The van der Waals surface area contributed by atoms with E-state index in [2.05, 4.69) is 23.7 Å². The van der Waals surface area contributed by atoms with Gasteiger partial charge >= 0.3 is 0 Å². The average Bonchev–Trinajstić information content (AvgIpc) is 1.66. The normalized spacial score (nSPS) is 6.75. The van der Waals surface area contributed by atoms with Gasteiger partial charge in [-0.05, 0) is 13.5 Å². The molecule has 0 aliphatic heterocycles. The first-order valence-electron chi connectivity index (χ1n) is 2.25. The highest BCUT2D eigenvalue weighted by Gasteiger charge is 1.79. The Hall–Kier alpha value is -0.970. The van der Waals surface area contributed by atoms with Crippen molar-refractivity contribution in [2.75, 3.05) is 6.54 Å². The van der Waals surface area contributed by atoms with Crippen LogP contribution in [-0.4, -0.2) is 6.54 Å². The second kappa shape index (κ2) is 4.20. The SMILES string of the molecule is C=C(F)NCC#CC.